The minimum absolute atomic E-state index is 0.564. The molecule has 1 aromatic heterocycles. The minimum atomic E-state index is 0.564. The van der Waals surface area contributed by atoms with Crippen molar-refractivity contribution in [2.75, 3.05) is 0 Å². The van der Waals surface area contributed by atoms with Crippen LogP contribution in [-0.2, 0) is 6.54 Å². The fourth-order valence-electron chi connectivity index (χ4n) is 1.67. The van der Waals surface area contributed by atoms with E-state index in [-0.39, 0.29) is 0 Å². The normalized spacial score (nSPS) is 10.1. The molecule has 0 aliphatic rings. The van der Waals surface area contributed by atoms with Gasteiger partial charge in [0.1, 0.15) is 10.9 Å². The van der Waals surface area contributed by atoms with Gasteiger partial charge in [0, 0.05) is 11.4 Å². The maximum Gasteiger partial charge on any atom is 0.110 e. The van der Waals surface area contributed by atoms with Crippen molar-refractivity contribution < 1.29 is 0 Å². The van der Waals surface area contributed by atoms with Gasteiger partial charge >= 0.3 is 0 Å². The van der Waals surface area contributed by atoms with Gasteiger partial charge in [-0.1, -0.05) is 18.2 Å². The number of nitriles is 1. The van der Waals surface area contributed by atoms with Crippen molar-refractivity contribution in [3.8, 4) is 16.5 Å². The smallest absolute Gasteiger partial charge is 0.110 e. The van der Waals surface area contributed by atoms with E-state index in [1.807, 2.05) is 18.2 Å². The Morgan fingerprint density at radius 3 is 2.69 bits per heavy atom. The van der Waals surface area contributed by atoms with Crippen LogP contribution in [0.2, 0.25) is 0 Å². The van der Waals surface area contributed by atoms with Gasteiger partial charge in [-0.3, -0.25) is 0 Å². The fourth-order valence-corrected chi connectivity index (χ4v) is 2.57. The molecule has 0 saturated carbocycles. The second kappa shape index (κ2) is 4.48. The summed E-state index contributed by atoms with van der Waals surface area (Å²) in [6, 6.07) is 12.2. The zero-order chi connectivity index (χ0) is 11.5. The predicted molar refractivity (Wildman–Crippen MR) is 67.1 cm³/mol. The summed E-state index contributed by atoms with van der Waals surface area (Å²) < 4.78 is 0. The summed E-state index contributed by atoms with van der Waals surface area (Å²) >= 11 is 1.52. The Labute approximate surface area is 99.0 Å². The molecule has 0 radical (unpaired) electrons. The maximum absolute atomic E-state index is 8.79. The van der Waals surface area contributed by atoms with Crippen LogP contribution >= 0.6 is 11.3 Å². The van der Waals surface area contributed by atoms with Gasteiger partial charge in [0.05, 0.1) is 0 Å². The van der Waals surface area contributed by atoms with E-state index in [0.29, 0.717) is 6.54 Å². The van der Waals surface area contributed by atoms with Crippen molar-refractivity contribution in [1.29, 1.82) is 5.26 Å². The van der Waals surface area contributed by atoms with Gasteiger partial charge in [0.15, 0.2) is 0 Å². The van der Waals surface area contributed by atoms with Gasteiger partial charge < -0.3 is 5.73 Å². The molecule has 2 N–H and O–H groups in total. The van der Waals surface area contributed by atoms with Gasteiger partial charge in [0.2, 0.25) is 0 Å². The summed E-state index contributed by atoms with van der Waals surface area (Å²) in [5.74, 6) is 0. The molecule has 2 rings (SSSR count). The third-order valence-electron chi connectivity index (χ3n) is 2.51. The molecule has 0 unspecified atom stereocenters. The molecule has 0 aliphatic heterocycles. The third-order valence-corrected chi connectivity index (χ3v) is 3.53. The van der Waals surface area contributed by atoms with Crippen molar-refractivity contribution in [3.05, 3.63) is 46.3 Å². The van der Waals surface area contributed by atoms with Gasteiger partial charge in [-0.25, -0.2) is 0 Å². The largest absolute Gasteiger partial charge is 0.326 e. The summed E-state index contributed by atoms with van der Waals surface area (Å²) in [6.45, 7) is 2.63. The van der Waals surface area contributed by atoms with Crippen LogP contribution in [0.4, 0.5) is 0 Å². The lowest BCUT2D eigenvalue weighted by atomic mass is 10.0. The number of aryl methyl sites for hydroxylation is 1. The molecule has 1 aromatic carbocycles. The number of thiophene rings is 1. The Morgan fingerprint density at radius 2 is 2.12 bits per heavy atom. The topological polar surface area (TPSA) is 49.8 Å². The summed E-state index contributed by atoms with van der Waals surface area (Å²) in [5, 5.41) is 8.79. The van der Waals surface area contributed by atoms with Crippen LogP contribution in [0, 0.1) is 18.3 Å². The maximum atomic E-state index is 8.79. The molecule has 0 spiro atoms. The highest BCUT2D eigenvalue weighted by Crippen LogP contribution is 2.30. The molecule has 3 heteroatoms. The van der Waals surface area contributed by atoms with Crippen LogP contribution in [0.1, 0.15) is 16.0 Å². The zero-order valence-electron chi connectivity index (χ0n) is 9.03. The van der Waals surface area contributed by atoms with E-state index in [4.69, 9.17) is 11.0 Å². The summed E-state index contributed by atoms with van der Waals surface area (Å²) in [6.07, 6.45) is 0. The lowest BCUT2D eigenvalue weighted by molar-refractivity contribution is 1.07. The van der Waals surface area contributed by atoms with E-state index in [1.54, 1.807) is 0 Å². The zero-order valence-corrected chi connectivity index (χ0v) is 9.84. The molecule has 0 bridgehead atoms. The molecule has 0 atom stereocenters. The first-order valence-electron chi connectivity index (χ1n) is 5.04. The van der Waals surface area contributed by atoms with Crippen LogP contribution in [0.25, 0.3) is 10.4 Å². The number of benzene rings is 1. The quantitative estimate of drug-likeness (QED) is 0.858. The van der Waals surface area contributed by atoms with E-state index in [1.165, 1.54) is 22.5 Å². The second-order valence-electron chi connectivity index (χ2n) is 3.63. The van der Waals surface area contributed by atoms with E-state index in [0.717, 1.165) is 15.3 Å². The number of rotatable bonds is 2. The monoisotopic (exact) mass is 228 g/mol. The van der Waals surface area contributed by atoms with Crippen molar-refractivity contribution >= 4 is 11.3 Å². The first-order chi connectivity index (χ1) is 7.74. The molecule has 1 heterocycles. The van der Waals surface area contributed by atoms with Crippen LogP contribution in [0.3, 0.4) is 0 Å². The molecule has 2 aromatic rings. The van der Waals surface area contributed by atoms with Crippen LogP contribution in [0.5, 0.6) is 0 Å². The summed E-state index contributed by atoms with van der Waals surface area (Å²) in [4.78, 5) is 1.88. The molecule has 0 fully saturated rings. The molecule has 0 saturated heterocycles. The standard InChI is InChI=1S/C13H12N2S/c1-9-6-10(7-14)2-4-12(9)13-5-3-11(8-15)16-13/h2-6H,7,14H2,1H3. The highest BCUT2D eigenvalue weighted by Gasteiger charge is 2.05. The van der Waals surface area contributed by atoms with Gasteiger partial charge in [-0.2, -0.15) is 5.26 Å². The van der Waals surface area contributed by atoms with Crippen molar-refractivity contribution in [1.82, 2.24) is 0 Å². The lowest BCUT2D eigenvalue weighted by Gasteiger charge is -2.05. The Hall–Kier alpha value is -1.63. The predicted octanol–water partition coefficient (Wildman–Crippen LogP) is 3.05. The van der Waals surface area contributed by atoms with Gasteiger partial charge in [-0.15, -0.1) is 11.3 Å². The average Bonchev–Trinajstić information content (AvgIpc) is 2.77. The van der Waals surface area contributed by atoms with Crippen molar-refractivity contribution in [2.45, 2.75) is 13.5 Å². The van der Waals surface area contributed by atoms with E-state index in [9.17, 15) is 0 Å². The highest BCUT2D eigenvalue weighted by molar-refractivity contribution is 7.16. The highest BCUT2D eigenvalue weighted by atomic mass is 32.1. The van der Waals surface area contributed by atoms with Crippen molar-refractivity contribution in [2.24, 2.45) is 5.73 Å². The van der Waals surface area contributed by atoms with E-state index < -0.39 is 0 Å². The molecular weight excluding hydrogens is 216 g/mol. The third kappa shape index (κ3) is 1.99. The Morgan fingerprint density at radius 1 is 1.31 bits per heavy atom. The Balaban J connectivity index is 2.45. The number of hydrogen-bond donors (Lipinski definition) is 1. The number of hydrogen-bond acceptors (Lipinski definition) is 3. The lowest BCUT2D eigenvalue weighted by Crippen LogP contribution is -1.96. The van der Waals surface area contributed by atoms with Gasteiger partial charge in [0.25, 0.3) is 0 Å². The van der Waals surface area contributed by atoms with Crippen LogP contribution in [0.15, 0.2) is 30.3 Å². The molecular formula is C13H12N2S. The first kappa shape index (κ1) is 10.9. The average molecular weight is 228 g/mol. The Kier molecular flexibility index (Phi) is 3.04. The minimum Gasteiger partial charge on any atom is -0.326 e. The SMILES string of the molecule is Cc1cc(CN)ccc1-c1ccc(C#N)s1. The molecule has 0 amide bonds. The van der Waals surface area contributed by atoms with Crippen LogP contribution < -0.4 is 5.73 Å². The van der Waals surface area contributed by atoms with Crippen LogP contribution in [-0.4, -0.2) is 0 Å². The molecule has 0 aliphatic carbocycles. The molecule has 80 valence electrons. The summed E-state index contributed by atoms with van der Waals surface area (Å²) in [5.41, 5.74) is 9.12. The summed E-state index contributed by atoms with van der Waals surface area (Å²) in [7, 11) is 0. The van der Waals surface area contributed by atoms with Gasteiger partial charge in [-0.05, 0) is 35.7 Å². The first-order valence-corrected chi connectivity index (χ1v) is 5.86. The number of nitrogens with zero attached hydrogens (tertiary/aromatic N) is 1. The molecule has 2 nitrogen and oxygen atoms in total. The van der Waals surface area contributed by atoms with E-state index in [2.05, 4.69) is 25.1 Å². The number of nitrogens with two attached hydrogens (primary N) is 1. The Bertz CT molecular complexity index is 549. The second-order valence-corrected chi connectivity index (χ2v) is 4.71. The molecule has 16 heavy (non-hydrogen) atoms. The van der Waals surface area contributed by atoms with Crippen molar-refractivity contribution in [3.63, 3.8) is 0 Å². The van der Waals surface area contributed by atoms with E-state index >= 15 is 0 Å². The fraction of sp³-hybridized carbons (Fsp3) is 0.154.